The molecule has 2 saturated carbocycles. The van der Waals surface area contributed by atoms with Crippen LogP contribution in [0.15, 0.2) is 103 Å². The highest BCUT2D eigenvalue weighted by Crippen LogP contribution is 2.51. The number of hydrogen-bond donors (Lipinski definition) is 0. The van der Waals surface area contributed by atoms with Crippen LogP contribution in [0.2, 0.25) is 0 Å². The molecular weight excluding hydrogens is 689 g/mol. The lowest BCUT2D eigenvalue weighted by molar-refractivity contribution is 0.339. The fraction of sp³-hybridized carbons (Fsp3) is 0.527. The van der Waals surface area contributed by atoms with Crippen LogP contribution in [0, 0.1) is 17.3 Å². The van der Waals surface area contributed by atoms with Gasteiger partial charge in [-0.05, 0) is 144 Å². The second-order valence-corrected chi connectivity index (χ2v) is 18.5. The summed E-state index contributed by atoms with van der Waals surface area (Å²) in [5.41, 5.74) is 12.0. The maximum Gasteiger partial charge on any atom is 0.0704 e. The first-order valence-electron chi connectivity index (χ1n) is 22.4. The fourth-order valence-corrected chi connectivity index (χ4v) is 8.46. The van der Waals surface area contributed by atoms with E-state index in [-0.39, 0.29) is 7.43 Å². The highest BCUT2D eigenvalue weighted by molar-refractivity contribution is 5.78. The maximum absolute atomic E-state index is 4.45. The third-order valence-electron chi connectivity index (χ3n) is 13.1. The van der Waals surface area contributed by atoms with Gasteiger partial charge in [0.1, 0.15) is 0 Å². The molecule has 3 aliphatic carbocycles. The van der Waals surface area contributed by atoms with Crippen LogP contribution in [0.1, 0.15) is 190 Å². The van der Waals surface area contributed by atoms with Crippen LogP contribution in [0.4, 0.5) is 0 Å². The Kier molecular flexibility index (Phi) is 18.0. The van der Waals surface area contributed by atoms with Gasteiger partial charge >= 0.3 is 0 Å². The van der Waals surface area contributed by atoms with Crippen LogP contribution < -0.4 is 0 Å². The van der Waals surface area contributed by atoms with E-state index in [1.54, 1.807) is 5.56 Å². The summed E-state index contributed by atoms with van der Waals surface area (Å²) in [4.78, 5) is 8.78. The minimum absolute atomic E-state index is 0. The monoisotopic (exact) mass is 767 g/mol. The first-order chi connectivity index (χ1) is 27.0. The van der Waals surface area contributed by atoms with Crippen molar-refractivity contribution < 1.29 is 0 Å². The topological polar surface area (TPSA) is 25.8 Å². The fourth-order valence-electron chi connectivity index (χ4n) is 8.46. The molecule has 5 aromatic rings. The molecule has 308 valence electrons. The molecule has 0 spiro atoms. The van der Waals surface area contributed by atoms with Gasteiger partial charge in [0.15, 0.2) is 0 Å². The van der Waals surface area contributed by atoms with E-state index in [0.29, 0.717) is 23.2 Å². The van der Waals surface area contributed by atoms with E-state index in [4.69, 9.17) is 0 Å². The second-order valence-electron chi connectivity index (χ2n) is 18.5. The van der Waals surface area contributed by atoms with E-state index in [1.807, 2.05) is 18.5 Å². The first-order valence-corrected chi connectivity index (χ1v) is 22.4. The number of aromatic nitrogens is 2. The van der Waals surface area contributed by atoms with Crippen molar-refractivity contribution in [1.82, 2.24) is 9.97 Å². The van der Waals surface area contributed by atoms with Crippen LogP contribution in [-0.2, 0) is 19.3 Å². The summed E-state index contributed by atoms with van der Waals surface area (Å²) in [7, 11) is 0. The lowest BCUT2D eigenvalue weighted by Gasteiger charge is -2.26. The molecule has 1 unspecified atom stereocenters. The molecule has 2 nitrogen and oxygen atoms in total. The number of nitrogens with zero attached hydrogens (tertiary/aromatic N) is 2. The largest absolute Gasteiger partial charge is 0.261 e. The standard InChI is InChI=1S/2C15H22.C12H17N.C12H13N.CH4/c1-12(2)13-8-10-15(11-9-13)14-6-4-3-5-7-14;1-4-15(9-10-15)11-13-5-7-14(8-6-13)12(2)3;2*1-9(2)11-6-5-10-4-3-7-13-12(10)8-11;/h8-12,14H,3-7H2,1-2H3;5-8,12H,4,9-11H2,1-3H3;3-4,7,9,11H,5-6,8H2,1-2H3;3-9H,1-2H3;1H4. The number of pyridine rings is 2. The number of benzene rings is 3. The molecule has 3 aromatic carbocycles. The average molecular weight is 767 g/mol. The zero-order chi connectivity index (χ0) is 40.1. The summed E-state index contributed by atoms with van der Waals surface area (Å²) in [6, 6.07) is 33.4. The normalized spacial score (nSPS) is 17.0. The molecule has 0 N–H and O–H groups in total. The van der Waals surface area contributed by atoms with E-state index in [1.165, 1.54) is 116 Å². The van der Waals surface area contributed by atoms with E-state index in [2.05, 4.69) is 157 Å². The van der Waals surface area contributed by atoms with Crippen molar-refractivity contribution in [2.45, 2.75) is 170 Å². The van der Waals surface area contributed by atoms with Gasteiger partial charge in [-0.25, -0.2) is 0 Å². The Hall–Kier alpha value is -3.78. The van der Waals surface area contributed by atoms with Gasteiger partial charge in [-0.15, -0.1) is 0 Å². The highest BCUT2D eigenvalue weighted by atomic mass is 14.7. The summed E-state index contributed by atoms with van der Waals surface area (Å²) in [5, 5.41) is 1.21. The Morgan fingerprint density at radius 1 is 0.632 bits per heavy atom. The van der Waals surface area contributed by atoms with Crippen molar-refractivity contribution in [3.05, 3.63) is 142 Å². The molecule has 0 bridgehead atoms. The van der Waals surface area contributed by atoms with Gasteiger partial charge in [0.05, 0.1) is 5.52 Å². The summed E-state index contributed by atoms with van der Waals surface area (Å²) >= 11 is 0. The smallest absolute Gasteiger partial charge is 0.0704 e. The molecule has 0 amide bonds. The van der Waals surface area contributed by atoms with Crippen molar-refractivity contribution in [2.75, 3.05) is 0 Å². The van der Waals surface area contributed by atoms with Crippen molar-refractivity contribution in [1.29, 1.82) is 0 Å². The molecule has 2 heterocycles. The number of fused-ring (bicyclic) bond motifs is 2. The highest BCUT2D eigenvalue weighted by Gasteiger charge is 2.40. The van der Waals surface area contributed by atoms with Crippen molar-refractivity contribution in [3.8, 4) is 0 Å². The summed E-state index contributed by atoms with van der Waals surface area (Å²) in [6.07, 6.45) is 20.1. The summed E-state index contributed by atoms with van der Waals surface area (Å²) in [6.45, 7) is 20.4. The van der Waals surface area contributed by atoms with E-state index >= 15 is 0 Å². The van der Waals surface area contributed by atoms with Crippen LogP contribution >= 0.6 is 0 Å². The molecule has 57 heavy (non-hydrogen) atoms. The molecule has 3 aliphatic rings. The molecule has 2 fully saturated rings. The number of aryl methyl sites for hydroxylation is 1. The average Bonchev–Trinajstić information content (AvgIpc) is 4.01. The third kappa shape index (κ3) is 13.9. The molecule has 0 aliphatic heterocycles. The number of rotatable bonds is 8. The molecule has 1 atom stereocenters. The van der Waals surface area contributed by atoms with Gasteiger partial charge in [-0.3, -0.25) is 9.97 Å². The van der Waals surface area contributed by atoms with Crippen molar-refractivity contribution in [2.24, 2.45) is 17.3 Å². The Labute approximate surface area is 349 Å². The van der Waals surface area contributed by atoms with E-state index in [0.717, 1.165) is 23.3 Å². The van der Waals surface area contributed by atoms with Crippen LogP contribution in [0.25, 0.3) is 10.9 Å². The van der Waals surface area contributed by atoms with Gasteiger partial charge in [0, 0.05) is 23.5 Å². The molecule has 0 radical (unpaired) electrons. The number of hydrogen-bond acceptors (Lipinski definition) is 2. The molecule has 0 saturated heterocycles. The van der Waals surface area contributed by atoms with Gasteiger partial charge < -0.3 is 0 Å². The quantitative estimate of drug-likeness (QED) is 0.157. The zero-order valence-electron chi connectivity index (χ0n) is 36.7. The molecule has 8 rings (SSSR count). The van der Waals surface area contributed by atoms with Gasteiger partial charge in [-0.2, -0.15) is 0 Å². The molecular formula is C55H78N2. The Balaban J connectivity index is 0.000000168. The molecule has 2 heteroatoms. The molecule has 2 aromatic heterocycles. The van der Waals surface area contributed by atoms with Crippen LogP contribution in [0.5, 0.6) is 0 Å². The van der Waals surface area contributed by atoms with Crippen molar-refractivity contribution >= 4 is 10.9 Å². The minimum Gasteiger partial charge on any atom is -0.261 e. The third-order valence-corrected chi connectivity index (χ3v) is 13.1. The SMILES string of the molecule is C.CC(C)C1CCc2cccnc2C1.CC(C)c1ccc(C2CCCCC2)cc1.CC(C)c1ccc2cccnc2c1.CCC1(Cc2ccc(C(C)C)cc2)CC1. The Morgan fingerprint density at radius 2 is 1.21 bits per heavy atom. The lowest BCUT2D eigenvalue weighted by Crippen LogP contribution is -2.19. The maximum atomic E-state index is 4.45. The van der Waals surface area contributed by atoms with E-state index in [9.17, 15) is 0 Å². The predicted octanol–water partition coefficient (Wildman–Crippen LogP) is 16.2. The lowest BCUT2D eigenvalue weighted by atomic mass is 9.80. The second kappa shape index (κ2) is 22.4. The first kappa shape index (κ1) is 45.9. The van der Waals surface area contributed by atoms with Crippen LogP contribution in [-0.4, -0.2) is 9.97 Å². The summed E-state index contributed by atoms with van der Waals surface area (Å²) in [5.74, 6) is 4.38. The van der Waals surface area contributed by atoms with Gasteiger partial charge in [0.25, 0.3) is 0 Å². The van der Waals surface area contributed by atoms with Gasteiger partial charge in [0.2, 0.25) is 0 Å². The van der Waals surface area contributed by atoms with Crippen molar-refractivity contribution in [3.63, 3.8) is 0 Å². The summed E-state index contributed by atoms with van der Waals surface area (Å²) < 4.78 is 0. The van der Waals surface area contributed by atoms with E-state index < -0.39 is 0 Å². The zero-order valence-corrected chi connectivity index (χ0v) is 36.7. The Morgan fingerprint density at radius 3 is 1.79 bits per heavy atom. The van der Waals surface area contributed by atoms with Crippen LogP contribution in [0.3, 0.4) is 0 Å². The minimum atomic E-state index is 0. The Bertz CT molecular complexity index is 1870. The van der Waals surface area contributed by atoms with Gasteiger partial charge in [-0.1, -0.05) is 168 Å². The predicted molar refractivity (Wildman–Crippen MR) is 250 cm³/mol.